The lowest BCUT2D eigenvalue weighted by Gasteiger charge is -2.28. The van der Waals surface area contributed by atoms with E-state index >= 15 is 0 Å². The maximum Gasteiger partial charge on any atom is 0.246 e. The Morgan fingerprint density at radius 3 is 3.05 bits per heavy atom. The fraction of sp³-hybridized carbons (Fsp3) is 0.357. The van der Waals surface area contributed by atoms with Gasteiger partial charge in [-0.2, -0.15) is 0 Å². The third-order valence-electron chi connectivity index (χ3n) is 3.59. The van der Waals surface area contributed by atoms with Crippen LogP contribution in [0.4, 0.5) is 0 Å². The number of fused-ring (bicyclic) bond motifs is 1. The van der Waals surface area contributed by atoms with Crippen LogP contribution in [0.5, 0.6) is 0 Å². The monoisotopic (exact) mass is 272 g/mol. The van der Waals surface area contributed by atoms with Crippen molar-refractivity contribution >= 4 is 17.5 Å². The maximum absolute atomic E-state index is 11.9. The van der Waals surface area contributed by atoms with Crippen LogP contribution in [0.1, 0.15) is 18.5 Å². The molecular formula is C14H16N4O2. The Morgan fingerprint density at radius 2 is 2.25 bits per heavy atom. The average molecular weight is 272 g/mol. The third-order valence-corrected chi connectivity index (χ3v) is 3.59. The molecule has 2 amide bonds. The summed E-state index contributed by atoms with van der Waals surface area (Å²) in [4.78, 5) is 29.0. The number of likely N-dealkylation sites (N-methyl/N-ethyl adjacent to an activating group) is 1. The quantitative estimate of drug-likeness (QED) is 0.830. The van der Waals surface area contributed by atoms with E-state index in [1.165, 1.54) is 11.9 Å². The SMILES string of the molecule is CN1C(=O)CCC(NCc2cn3ccccc3n2)C1=O. The van der Waals surface area contributed by atoms with E-state index in [2.05, 4.69) is 10.3 Å². The average Bonchev–Trinajstić information content (AvgIpc) is 2.87. The van der Waals surface area contributed by atoms with Crippen LogP contribution in [-0.4, -0.2) is 39.2 Å². The Kier molecular flexibility index (Phi) is 3.23. The van der Waals surface area contributed by atoms with E-state index in [9.17, 15) is 9.59 Å². The Balaban J connectivity index is 1.67. The number of likely N-dealkylation sites (tertiary alicyclic amines) is 1. The Hall–Kier alpha value is -2.21. The zero-order valence-electron chi connectivity index (χ0n) is 11.2. The standard InChI is InChI=1S/C14H16N4O2/c1-17-13(19)6-5-11(14(17)20)15-8-10-9-18-7-3-2-4-12(18)16-10/h2-4,7,9,11,15H,5-6,8H2,1H3. The minimum atomic E-state index is -0.303. The van der Waals surface area contributed by atoms with Gasteiger partial charge in [-0.1, -0.05) is 6.07 Å². The number of rotatable bonds is 3. The summed E-state index contributed by atoms with van der Waals surface area (Å²) < 4.78 is 1.94. The molecule has 1 fully saturated rings. The van der Waals surface area contributed by atoms with Crippen LogP contribution in [0.2, 0.25) is 0 Å². The zero-order chi connectivity index (χ0) is 14.1. The number of imidazole rings is 1. The van der Waals surface area contributed by atoms with Gasteiger partial charge in [0.2, 0.25) is 11.8 Å². The van der Waals surface area contributed by atoms with Gasteiger partial charge in [-0.05, 0) is 18.6 Å². The first kappa shape index (κ1) is 12.8. The number of imide groups is 1. The molecule has 3 heterocycles. The summed E-state index contributed by atoms with van der Waals surface area (Å²) in [7, 11) is 1.53. The molecule has 0 bridgehead atoms. The van der Waals surface area contributed by atoms with Crippen molar-refractivity contribution in [2.75, 3.05) is 7.05 Å². The van der Waals surface area contributed by atoms with Crippen LogP contribution in [0.15, 0.2) is 30.6 Å². The number of nitrogens with one attached hydrogen (secondary N) is 1. The molecule has 104 valence electrons. The molecule has 0 radical (unpaired) electrons. The van der Waals surface area contributed by atoms with Crippen LogP contribution in [0.3, 0.4) is 0 Å². The Labute approximate surface area is 116 Å². The number of aromatic nitrogens is 2. The molecule has 1 atom stereocenters. The molecule has 1 unspecified atom stereocenters. The van der Waals surface area contributed by atoms with E-state index in [0.29, 0.717) is 19.4 Å². The fourth-order valence-electron chi connectivity index (χ4n) is 2.41. The highest BCUT2D eigenvalue weighted by Gasteiger charge is 2.31. The molecular weight excluding hydrogens is 256 g/mol. The predicted molar refractivity (Wildman–Crippen MR) is 72.8 cm³/mol. The van der Waals surface area contributed by atoms with Crippen molar-refractivity contribution in [3.05, 3.63) is 36.3 Å². The lowest BCUT2D eigenvalue weighted by Crippen LogP contribution is -2.51. The highest BCUT2D eigenvalue weighted by atomic mass is 16.2. The molecule has 0 aromatic carbocycles. The molecule has 2 aromatic heterocycles. The maximum atomic E-state index is 11.9. The molecule has 6 heteroatoms. The minimum absolute atomic E-state index is 0.110. The van der Waals surface area contributed by atoms with Crippen LogP contribution in [-0.2, 0) is 16.1 Å². The molecule has 1 N–H and O–H groups in total. The Bertz CT molecular complexity index is 631. The van der Waals surface area contributed by atoms with Gasteiger partial charge in [0.15, 0.2) is 0 Å². The van der Waals surface area contributed by atoms with Crippen molar-refractivity contribution in [2.45, 2.75) is 25.4 Å². The number of hydrogen-bond donors (Lipinski definition) is 1. The normalized spacial score (nSPS) is 19.9. The number of carbonyl (C=O) groups excluding carboxylic acids is 2. The van der Waals surface area contributed by atoms with E-state index in [1.54, 1.807) is 0 Å². The van der Waals surface area contributed by atoms with Crippen molar-refractivity contribution in [1.82, 2.24) is 19.6 Å². The highest BCUT2D eigenvalue weighted by Crippen LogP contribution is 2.12. The fourth-order valence-corrected chi connectivity index (χ4v) is 2.41. The number of pyridine rings is 1. The molecule has 0 saturated carbocycles. The summed E-state index contributed by atoms with van der Waals surface area (Å²) in [6.45, 7) is 0.514. The predicted octanol–water partition coefficient (Wildman–Crippen LogP) is 0.571. The zero-order valence-corrected chi connectivity index (χ0v) is 11.2. The lowest BCUT2D eigenvalue weighted by atomic mass is 10.0. The van der Waals surface area contributed by atoms with Crippen molar-refractivity contribution in [1.29, 1.82) is 0 Å². The van der Waals surface area contributed by atoms with Gasteiger partial charge < -0.3 is 9.72 Å². The topological polar surface area (TPSA) is 66.7 Å². The first-order valence-electron chi connectivity index (χ1n) is 6.61. The van der Waals surface area contributed by atoms with Gasteiger partial charge in [0.05, 0.1) is 11.7 Å². The van der Waals surface area contributed by atoms with Crippen LogP contribution in [0.25, 0.3) is 5.65 Å². The molecule has 1 aliphatic rings. The second-order valence-corrected chi connectivity index (χ2v) is 4.96. The van der Waals surface area contributed by atoms with Gasteiger partial charge in [-0.3, -0.25) is 14.5 Å². The number of carbonyl (C=O) groups is 2. The lowest BCUT2D eigenvalue weighted by molar-refractivity contribution is -0.148. The molecule has 0 aliphatic carbocycles. The van der Waals surface area contributed by atoms with Gasteiger partial charge >= 0.3 is 0 Å². The summed E-state index contributed by atoms with van der Waals surface area (Å²) in [6, 6.07) is 5.51. The van der Waals surface area contributed by atoms with Gasteiger partial charge in [-0.15, -0.1) is 0 Å². The van der Waals surface area contributed by atoms with E-state index < -0.39 is 0 Å². The largest absolute Gasteiger partial charge is 0.307 e. The molecule has 0 spiro atoms. The van der Waals surface area contributed by atoms with Gasteiger partial charge in [0.25, 0.3) is 0 Å². The van der Waals surface area contributed by atoms with Crippen molar-refractivity contribution in [3.63, 3.8) is 0 Å². The van der Waals surface area contributed by atoms with Crippen LogP contribution >= 0.6 is 0 Å². The summed E-state index contributed by atoms with van der Waals surface area (Å²) >= 11 is 0. The molecule has 3 rings (SSSR count). The van der Waals surface area contributed by atoms with Crippen LogP contribution < -0.4 is 5.32 Å². The van der Waals surface area contributed by atoms with Crippen molar-refractivity contribution in [2.24, 2.45) is 0 Å². The first-order chi connectivity index (χ1) is 9.65. The van der Waals surface area contributed by atoms with Gasteiger partial charge in [0, 0.05) is 32.4 Å². The van der Waals surface area contributed by atoms with E-state index in [0.717, 1.165) is 11.3 Å². The number of nitrogens with zero attached hydrogens (tertiary/aromatic N) is 3. The first-order valence-corrected chi connectivity index (χ1v) is 6.61. The van der Waals surface area contributed by atoms with Gasteiger partial charge in [-0.25, -0.2) is 4.98 Å². The second-order valence-electron chi connectivity index (χ2n) is 4.96. The molecule has 1 aliphatic heterocycles. The molecule has 1 saturated heterocycles. The molecule has 20 heavy (non-hydrogen) atoms. The summed E-state index contributed by atoms with van der Waals surface area (Å²) in [5.41, 5.74) is 1.76. The smallest absolute Gasteiger partial charge is 0.246 e. The highest BCUT2D eigenvalue weighted by molar-refractivity contribution is 6.00. The summed E-state index contributed by atoms with van der Waals surface area (Å²) in [5.74, 6) is -0.272. The molecule has 2 aromatic rings. The number of amides is 2. The third kappa shape index (κ3) is 2.30. The number of hydrogen-bond acceptors (Lipinski definition) is 4. The van der Waals surface area contributed by atoms with Crippen molar-refractivity contribution < 1.29 is 9.59 Å². The number of piperidine rings is 1. The van der Waals surface area contributed by atoms with E-state index in [1.807, 2.05) is 35.0 Å². The van der Waals surface area contributed by atoms with Crippen LogP contribution in [0, 0.1) is 0 Å². The van der Waals surface area contributed by atoms with E-state index in [-0.39, 0.29) is 17.9 Å². The summed E-state index contributed by atoms with van der Waals surface area (Å²) in [6.07, 6.45) is 4.83. The van der Waals surface area contributed by atoms with E-state index in [4.69, 9.17) is 0 Å². The molecule has 6 nitrogen and oxygen atoms in total. The van der Waals surface area contributed by atoms with Gasteiger partial charge in [0.1, 0.15) is 5.65 Å². The second kappa shape index (κ2) is 5.05. The minimum Gasteiger partial charge on any atom is -0.307 e. The summed E-state index contributed by atoms with van der Waals surface area (Å²) in [5, 5.41) is 3.18. The van der Waals surface area contributed by atoms with Crippen molar-refractivity contribution in [3.8, 4) is 0 Å². The Morgan fingerprint density at radius 1 is 1.40 bits per heavy atom.